The molecule has 2 aliphatic rings. The molecule has 2 fully saturated rings. The summed E-state index contributed by atoms with van der Waals surface area (Å²) in [6, 6.07) is 0. The van der Waals surface area contributed by atoms with Crippen LogP contribution in [-0.2, 0) is 28.5 Å². The summed E-state index contributed by atoms with van der Waals surface area (Å²) in [5, 5.41) is 0. The summed E-state index contributed by atoms with van der Waals surface area (Å²) in [4.78, 5) is 22.3. The zero-order valence-corrected chi connectivity index (χ0v) is 11.3. The number of hydrogen-bond donors (Lipinski definition) is 2. The van der Waals surface area contributed by atoms with Crippen molar-refractivity contribution in [3.05, 3.63) is 0 Å². The highest BCUT2D eigenvalue weighted by atomic mass is 32.1. The lowest BCUT2D eigenvalue weighted by molar-refractivity contribution is -0.151. The second-order valence-electron chi connectivity index (χ2n) is 3.97. The Morgan fingerprint density at radius 3 is 1.67 bits per heavy atom. The Morgan fingerprint density at radius 2 is 1.33 bits per heavy atom. The van der Waals surface area contributed by atoms with Crippen LogP contribution >= 0.6 is 25.3 Å². The SMILES string of the molecule is O=C(CS)O[C@H]1CO[C@H]2[C@@H]1OC[C@H]2OC(=O)CS. The summed E-state index contributed by atoms with van der Waals surface area (Å²) in [5.41, 5.74) is 0. The van der Waals surface area contributed by atoms with Gasteiger partial charge < -0.3 is 18.9 Å². The van der Waals surface area contributed by atoms with Gasteiger partial charge in [0.2, 0.25) is 0 Å². The molecule has 18 heavy (non-hydrogen) atoms. The quantitative estimate of drug-likeness (QED) is 0.536. The van der Waals surface area contributed by atoms with Crippen molar-refractivity contribution in [1.82, 2.24) is 0 Å². The smallest absolute Gasteiger partial charge is 0.316 e. The molecule has 0 aromatic heterocycles. The van der Waals surface area contributed by atoms with E-state index in [-0.39, 0.29) is 36.9 Å². The van der Waals surface area contributed by atoms with Crippen LogP contribution in [0, 0.1) is 0 Å². The summed E-state index contributed by atoms with van der Waals surface area (Å²) in [7, 11) is 0. The van der Waals surface area contributed by atoms with Crippen molar-refractivity contribution in [2.45, 2.75) is 24.4 Å². The van der Waals surface area contributed by atoms with Crippen molar-refractivity contribution < 1.29 is 28.5 Å². The molecule has 0 radical (unpaired) electrons. The zero-order valence-electron chi connectivity index (χ0n) is 9.48. The molecule has 2 rings (SSSR count). The van der Waals surface area contributed by atoms with E-state index in [1.54, 1.807) is 0 Å². The maximum Gasteiger partial charge on any atom is 0.316 e. The molecule has 0 N–H and O–H groups in total. The van der Waals surface area contributed by atoms with Gasteiger partial charge in [-0.2, -0.15) is 25.3 Å². The van der Waals surface area contributed by atoms with Gasteiger partial charge in [0.05, 0.1) is 24.7 Å². The molecule has 0 aromatic carbocycles. The first-order valence-corrected chi connectivity index (χ1v) is 6.76. The molecule has 0 unspecified atom stereocenters. The molecular formula is C10H14O6S2. The van der Waals surface area contributed by atoms with Crippen molar-refractivity contribution in [2.75, 3.05) is 24.7 Å². The Labute approximate surface area is 115 Å². The van der Waals surface area contributed by atoms with E-state index in [2.05, 4.69) is 25.3 Å². The molecule has 0 aliphatic carbocycles. The minimum absolute atomic E-state index is 0.00591. The Hall–Kier alpha value is -0.440. The molecule has 0 saturated carbocycles. The molecule has 6 nitrogen and oxygen atoms in total. The molecule has 2 aliphatic heterocycles. The zero-order chi connectivity index (χ0) is 13.1. The Bertz CT molecular complexity index is 304. The average Bonchev–Trinajstić information content (AvgIpc) is 2.93. The van der Waals surface area contributed by atoms with E-state index in [0.717, 1.165) is 0 Å². The summed E-state index contributed by atoms with van der Waals surface area (Å²) >= 11 is 7.65. The predicted molar refractivity (Wildman–Crippen MR) is 66.9 cm³/mol. The van der Waals surface area contributed by atoms with Gasteiger partial charge in [-0.05, 0) is 0 Å². The minimum atomic E-state index is -0.464. The third kappa shape index (κ3) is 2.93. The van der Waals surface area contributed by atoms with Crippen LogP contribution in [0.3, 0.4) is 0 Å². The number of fused-ring (bicyclic) bond motifs is 1. The lowest BCUT2D eigenvalue weighted by Gasteiger charge is -2.16. The van der Waals surface area contributed by atoms with Crippen molar-refractivity contribution in [3.63, 3.8) is 0 Å². The summed E-state index contributed by atoms with van der Waals surface area (Å²) < 4.78 is 21.2. The number of rotatable bonds is 4. The Balaban J connectivity index is 1.90. The van der Waals surface area contributed by atoms with Gasteiger partial charge in [-0.25, -0.2) is 0 Å². The van der Waals surface area contributed by atoms with E-state index >= 15 is 0 Å². The molecular weight excluding hydrogens is 280 g/mol. The first kappa shape index (κ1) is 14.0. The molecule has 4 atom stereocenters. The van der Waals surface area contributed by atoms with Crippen LogP contribution in [0.2, 0.25) is 0 Å². The third-order valence-electron chi connectivity index (χ3n) is 2.79. The largest absolute Gasteiger partial charge is 0.456 e. The maximum atomic E-state index is 11.2. The predicted octanol–water partition coefficient (Wildman–Crippen LogP) is -0.533. The van der Waals surface area contributed by atoms with Crippen molar-refractivity contribution >= 4 is 37.2 Å². The van der Waals surface area contributed by atoms with E-state index in [4.69, 9.17) is 18.9 Å². The standard InChI is InChI=1S/C10H14O6S2/c11-7(3-17)15-5-1-13-10-6(2-14-9(5)10)16-8(12)4-18/h5-6,9-10,17-18H,1-4H2/t5-,6+,9-,10-/m1/s1. The lowest BCUT2D eigenvalue weighted by Crippen LogP contribution is -2.36. The second-order valence-corrected chi connectivity index (χ2v) is 4.60. The molecule has 0 amide bonds. The van der Waals surface area contributed by atoms with Gasteiger partial charge in [0, 0.05) is 0 Å². The summed E-state index contributed by atoms with van der Waals surface area (Å²) in [6.07, 6.45) is -1.69. The van der Waals surface area contributed by atoms with Crippen LogP contribution in [0.1, 0.15) is 0 Å². The fourth-order valence-electron chi connectivity index (χ4n) is 2.04. The molecule has 0 spiro atoms. The van der Waals surface area contributed by atoms with Gasteiger partial charge in [-0.3, -0.25) is 9.59 Å². The summed E-state index contributed by atoms with van der Waals surface area (Å²) in [6.45, 7) is 0.480. The Kier molecular flexibility index (Phi) is 4.77. The highest BCUT2D eigenvalue weighted by molar-refractivity contribution is 7.81. The first-order chi connectivity index (χ1) is 8.65. The van der Waals surface area contributed by atoms with E-state index in [1.165, 1.54) is 0 Å². The second kappa shape index (κ2) is 6.14. The normalized spacial score (nSPS) is 34.1. The number of carbonyl (C=O) groups is 2. The van der Waals surface area contributed by atoms with Crippen LogP contribution in [0.5, 0.6) is 0 Å². The van der Waals surface area contributed by atoms with E-state index < -0.39 is 24.1 Å². The number of thiol groups is 2. The van der Waals surface area contributed by atoms with E-state index in [0.29, 0.717) is 0 Å². The number of carbonyl (C=O) groups excluding carboxylic acids is 2. The molecule has 0 bridgehead atoms. The van der Waals surface area contributed by atoms with E-state index in [9.17, 15) is 9.59 Å². The highest BCUT2D eigenvalue weighted by Gasteiger charge is 2.50. The van der Waals surface area contributed by atoms with Gasteiger partial charge in [-0.1, -0.05) is 0 Å². The monoisotopic (exact) mass is 294 g/mol. The maximum absolute atomic E-state index is 11.2. The number of esters is 2. The van der Waals surface area contributed by atoms with Gasteiger partial charge in [0.25, 0.3) is 0 Å². The van der Waals surface area contributed by atoms with E-state index in [1.807, 2.05) is 0 Å². The van der Waals surface area contributed by atoms with Crippen molar-refractivity contribution in [2.24, 2.45) is 0 Å². The average molecular weight is 294 g/mol. The molecule has 2 heterocycles. The van der Waals surface area contributed by atoms with Gasteiger partial charge in [0.1, 0.15) is 12.2 Å². The third-order valence-corrected chi connectivity index (χ3v) is 3.30. The fourth-order valence-corrected chi connectivity index (χ4v) is 2.19. The van der Waals surface area contributed by atoms with Crippen LogP contribution in [0.4, 0.5) is 0 Å². The Morgan fingerprint density at radius 1 is 0.944 bits per heavy atom. The molecule has 8 heteroatoms. The van der Waals surface area contributed by atoms with Gasteiger partial charge >= 0.3 is 11.9 Å². The van der Waals surface area contributed by atoms with Gasteiger partial charge in [-0.15, -0.1) is 0 Å². The minimum Gasteiger partial charge on any atom is -0.456 e. The lowest BCUT2D eigenvalue weighted by atomic mass is 10.1. The summed E-state index contributed by atoms with van der Waals surface area (Å²) in [5.74, 6) is -0.836. The van der Waals surface area contributed by atoms with Crippen LogP contribution in [0.25, 0.3) is 0 Å². The van der Waals surface area contributed by atoms with Crippen LogP contribution in [-0.4, -0.2) is 61.1 Å². The van der Waals surface area contributed by atoms with Crippen molar-refractivity contribution in [3.8, 4) is 0 Å². The van der Waals surface area contributed by atoms with Crippen LogP contribution < -0.4 is 0 Å². The highest BCUT2D eigenvalue weighted by Crippen LogP contribution is 2.30. The fraction of sp³-hybridized carbons (Fsp3) is 0.800. The van der Waals surface area contributed by atoms with Crippen LogP contribution in [0.15, 0.2) is 0 Å². The molecule has 2 saturated heterocycles. The number of hydrogen-bond acceptors (Lipinski definition) is 8. The van der Waals surface area contributed by atoms with Gasteiger partial charge in [0.15, 0.2) is 12.2 Å². The van der Waals surface area contributed by atoms with Crippen molar-refractivity contribution in [1.29, 1.82) is 0 Å². The number of ether oxygens (including phenoxy) is 4. The topological polar surface area (TPSA) is 71.1 Å². The molecule has 102 valence electrons. The molecule has 0 aromatic rings. The first-order valence-electron chi connectivity index (χ1n) is 5.49.